The summed E-state index contributed by atoms with van der Waals surface area (Å²) in [6.07, 6.45) is 53.2. The van der Waals surface area contributed by atoms with Gasteiger partial charge in [0.1, 0.15) is 19.8 Å². The van der Waals surface area contributed by atoms with E-state index in [1.165, 1.54) is 44.9 Å². The van der Waals surface area contributed by atoms with Crippen LogP contribution in [0.4, 0.5) is 0 Å². The summed E-state index contributed by atoms with van der Waals surface area (Å²) in [5.74, 6) is -0.888. The molecule has 0 heterocycles. The Morgan fingerprint density at radius 1 is 0.533 bits per heavy atom. The van der Waals surface area contributed by atoms with Gasteiger partial charge in [0.15, 0.2) is 6.10 Å². The fourth-order valence-corrected chi connectivity index (χ4v) is 6.50. The van der Waals surface area contributed by atoms with E-state index in [2.05, 4.69) is 98.9 Å². The molecule has 9 nitrogen and oxygen atoms in total. The molecule has 0 saturated heterocycles. The first-order valence-electron chi connectivity index (χ1n) is 23.3. The second kappa shape index (κ2) is 41.5. The summed E-state index contributed by atoms with van der Waals surface area (Å²) in [7, 11) is 1.12. The molecule has 0 N–H and O–H groups in total. The van der Waals surface area contributed by atoms with E-state index in [1.807, 2.05) is 21.1 Å². The number of hydrogen-bond donors (Lipinski definition) is 0. The molecule has 0 aliphatic carbocycles. The average Bonchev–Trinajstić information content (AvgIpc) is 3.20. The van der Waals surface area contributed by atoms with E-state index in [1.54, 1.807) is 0 Å². The van der Waals surface area contributed by atoms with Crippen LogP contribution in [0.15, 0.2) is 85.1 Å². The third kappa shape index (κ3) is 44.7. The predicted molar refractivity (Wildman–Crippen MR) is 249 cm³/mol. The summed E-state index contributed by atoms with van der Waals surface area (Å²) in [6, 6.07) is 0. The third-order valence-electron chi connectivity index (χ3n) is 9.40. The minimum atomic E-state index is -4.64. The molecular weight excluding hydrogens is 774 g/mol. The number of phosphoric acid groups is 1. The van der Waals surface area contributed by atoms with Gasteiger partial charge in [-0.3, -0.25) is 14.2 Å². The fourth-order valence-electron chi connectivity index (χ4n) is 5.77. The van der Waals surface area contributed by atoms with Gasteiger partial charge in [0.05, 0.1) is 27.7 Å². The predicted octanol–water partition coefficient (Wildman–Crippen LogP) is 12.9. The van der Waals surface area contributed by atoms with E-state index in [0.717, 1.165) is 83.5 Å². The highest BCUT2D eigenvalue weighted by molar-refractivity contribution is 7.45. The molecule has 0 aliphatic rings. The molecule has 0 amide bonds. The molecule has 0 aromatic heterocycles. The van der Waals surface area contributed by atoms with Gasteiger partial charge in [-0.2, -0.15) is 0 Å². The average molecular weight is 860 g/mol. The van der Waals surface area contributed by atoms with Crippen molar-refractivity contribution in [2.75, 3.05) is 47.5 Å². The second-order valence-electron chi connectivity index (χ2n) is 16.4. The number of allylic oxidation sites excluding steroid dienone is 14. The van der Waals surface area contributed by atoms with Crippen LogP contribution in [-0.4, -0.2) is 70.0 Å². The van der Waals surface area contributed by atoms with Crippen molar-refractivity contribution in [3.63, 3.8) is 0 Å². The van der Waals surface area contributed by atoms with Crippen molar-refractivity contribution in [3.8, 4) is 0 Å². The number of carbonyl (C=O) groups is 2. The Bertz CT molecular complexity index is 1290. The number of carbonyl (C=O) groups excluding carboxylic acids is 2. The fraction of sp³-hybridized carbons (Fsp3) is 0.680. The van der Waals surface area contributed by atoms with Crippen molar-refractivity contribution < 1.29 is 42.1 Å². The van der Waals surface area contributed by atoms with Gasteiger partial charge in [0, 0.05) is 12.8 Å². The second-order valence-corrected chi connectivity index (χ2v) is 17.8. The lowest BCUT2D eigenvalue weighted by Gasteiger charge is -2.28. The molecule has 0 aromatic rings. The number of esters is 2. The van der Waals surface area contributed by atoms with Crippen LogP contribution in [0.3, 0.4) is 0 Å². The first-order chi connectivity index (χ1) is 29.0. The Balaban J connectivity index is 4.42. The van der Waals surface area contributed by atoms with Crippen molar-refractivity contribution in [1.29, 1.82) is 0 Å². The van der Waals surface area contributed by atoms with Gasteiger partial charge in [-0.15, -0.1) is 0 Å². The highest BCUT2D eigenvalue weighted by Crippen LogP contribution is 2.38. The highest BCUT2D eigenvalue weighted by atomic mass is 31.2. The number of rotatable bonds is 41. The molecule has 0 radical (unpaired) electrons. The van der Waals surface area contributed by atoms with E-state index in [9.17, 15) is 19.0 Å². The van der Waals surface area contributed by atoms with E-state index >= 15 is 0 Å². The van der Waals surface area contributed by atoms with Gasteiger partial charge < -0.3 is 27.9 Å². The lowest BCUT2D eigenvalue weighted by Crippen LogP contribution is -2.37. The van der Waals surface area contributed by atoms with E-state index in [4.69, 9.17) is 18.5 Å². The number of likely N-dealkylation sites (N-methyl/N-ethyl adjacent to an activating group) is 1. The van der Waals surface area contributed by atoms with E-state index in [-0.39, 0.29) is 26.1 Å². The van der Waals surface area contributed by atoms with Crippen LogP contribution >= 0.6 is 7.82 Å². The Labute approximate surface area is 367 Å². The number of nitrogens with zero attached hydrogens (tertiary/aromatic N) is 1. The molecule has 0 aromatic carbocycles. The van der Waals surface area contributed by atoms with Gasteiger partial charge in [-0.1, -0.05) is 150 Å². The van der Waals surface area contributed by atoms with Crippen LogP contribution in [0.1, 0.15) is 168 Å². The normalized spacial score (nSPS) is 14.3. The SMILES string of the molecule is CC/C=C/C/C=C/C/C=C/C/C=C/C/C=C/CCCCCC(=O)O[C@H](COC(=O)CCCCCCCCC/C=C/C/C=C/CCCCC)COP(=O)([O-])OCC[N+](C)(C)C. The van der Waals surface area contributed by atoms with Crippen molar-refractivity contribution in [2.24, 2.45) is 0 Å². The molecule has 0 aliphatic heterocycles. The molecule has 344 valence electrons. The van der Waals surface area contributed by atoms with Crippen molar-refractivity contribution in [1.82, 2.24) is 0 Å². The number of hydrogen-bond acceptors (Lipinski definition) is 8. The van der Waals surface area contributed by atoms with Gasteiger partial charge in [0.25, 0.3) is 7.82 Å². The molecule has 0 bridgehead atoms. The Kier molecular flexibility index (Phi) is 39.6. The molecule has 0 rings (SSSR count). The Hall–Kier alpha value is -2.81. The molecule has 60 heavy (non-hydrogen) atoms. The summed E-state index contributed by atoms with van der Waals surface area (Å²) >= 11 is 0. The quantitative estimate of drug-likeness (QED) is 0.0196. The summed E-state index contributed by atoms with van der Waals surface area (Å²) in [4.78, 5) is 37.6. The maximum absolute atomic E-state index is 12.7. The summed E-state index contributed by atoms with van der Waals surface area (Å²) in [5.41, 5.74) is 0. The monoisotopic (exact) mass is 860 g/mol. The van der Waals surface area contributed by atoms with Crippen molar-refractivity contribution in [2.45, 2.75) is 174 Å². The molecule has 10 heteroatoms. The first kappa shape index (κ1) is 57.2. The molecule has 1 unspecified atom stereocenters. The van der Waals surface area contributed by atoms with Crippen LogP contribution in [-0.2, 0) is 32.7 Å². The number of quaternary nitrogens is 1. The summed E-state index contributed by atoms with van der Waals surface area (Å²) < 4.78 is 33.9. The molecule has 0 spiro atoms. The van der Waals surface area contributed by atoms with Gasteiger partial charge in [0.2, 0.25) is 0 Å². The molecule has 0 saturated carbocycles. The molecular formula is C50H86NO8P. The van der Waals surface area contributed by atoms with Crippen LogP contribution in [0.25, 0.3) is 0 Å². The van der Waals surface area contributed by atoms with Gasteiger partial charge >= 0.3 is 11.9 Å². The van der Waals surface area contributed by atoms with Crippen LogP contribution in [0.5, 0.6) is 0 Å². The standard InChI is InChI=1S/C50H86NO8P/c1-6-8-10-12-14-16-18-20-22-24-25-27-29-31-33-35-37-39-41-43-50(53)59-48(47-58-60(54,55)57-45-44-51(3,4)5)46-56-49(52)42-40-38-36-34-32-30-28-26-23-21-19-17-15-13-11-9-7-2/h8,10,14-17,20-23,25,27,31,33,48H,6-7,9,11-13,18-19,24,26,28-30,32,34-47H2,1-5H3/b10-8+,16-14+,17-15+,22-20+,23-21+,27-25+,33-31+/t48-/m1/s1. The number of ether oxygens (including phenoxy) is 2. The maximum Gasteiger partial charge on any atom is 0.306 e. The summed E-state index contributed by atoms with van der Waals surface area (Å²) in [5, 5.41) is 0. The minimum absolute atomic E-state index is 0.0436. The van der Waals surface area contributed by atoms with E-state index < -0.39 is 32.5 Å². The zero-order chi connectivity index (χ0) is 44.3. The highest BCUT2D eigenvalue weighted by Gasteiger charge is 2.21. The van der Waals surface area contributed by atoms with Crippen molar-refractivity contribution in [3.05, 3.63) is 85.1 Å². The van der Waals surface area contributed by atoms with Gasteiger partial charge in [-0.25, -0.2) is 0 Å². The Morgan fingerprint density at radius 2 is 0.950 bits per heavy atom. The number of phosphoric ester groups is 1. The zero-order valence-electron chi connectivity index (χ0n) is 38.6. The summed E-state index contributed by atoms with van der Waals surface area (Å²) in [6.45, 7) is 4.02. The topological polar surface area (TPSA) is 111 Å². The van der Waals surface area contributed by atoms with E-state index in [0.29, 0.717) is 23.9 Å². The third-order valence-corrected chi connectivity index (χ3v) is 10.4. The number of unbranched alkanes of at least 4 members (excludes halogenated alkanes) is 13. The van der Waals surface area contributed by atoms with Gasteiger partial charge in [-0.05, 0) is 89.9 Å². The largest absolute Gasteiger partial charge is 0.756 e. The lowest BCUT2D eigenvalue weighted by atomic mass is 10.1. The smallest absolute Gasteiger partial charge is 0.306 e. The first-order valence-corrected chi connectivity index (χ1v) is 24.8. The lowest BCUT2D eigenvalue weighted by molar-refractivity contribution is -0.870. The van der Waals surface area contributed by atoms with Crippen molar-refractivity contribution >= 4 is 19.8 Å². The molecule has 0 fully saturated rings. The zero-order valence-corrected chi connectivity index (χ0v) is 39.5. The van der Waals surface area contributed by atoms with Crippen LogP contribution in [0, 0.1) is 0 Å². The maximum atomic E-state index is 12.7. The molecule has 2 atom stereocenters. The minimum Gasteiger partial charge on any atom is -0.756 e. The Morgan fingerprint density at radius 3 is 1.43 bits per heavy atom. The van der Waals surface area contributed by atoms with Crippen LogP contribution in [0.2, 0.25) is 0 Å². The van der Waals surface area contributed by atoms with Crippen LogP contribution < -0.4 is 4.89 Å².